The summed E-state index contributed by atoms with van der Waals surface area (Å²) in [7, 11) is 0. The van der Waals surface area contributed by atoms with Crippen molar-refractivity contribution < 1.29 is 15.1 Å². The Morgan fingerprint density at radius 2 is 1.74 bits per heavy atom. The molecular weight excluding hydrogens is 418 g/mol. The first-order valence-corrected chi connectivity index (χ1v) is 9.85. The zero-order valence-corrected chi connectivity index (χ0v) is 17.3. The maximum Gasteiger partial charge on any atom is 0.270 e. The molecule has 1 aromatic heterocycles. The van der Waals surface area contributed by atoms with E-state index in [-0.39, 0.29) is 17.2 Å². The first-order valence-electron chi connectivity index (χ1n) is 9.04. The summed E-state index contributed by atoms with van der Waals surface area (Å²) in [5.74, 6) is 0.478. The standard InChI is InChI=1S/C21H19N5O4S/c1-3-14(26(29)30)11-17(4-2)31-25-21-20(22-13-9-15(27)12-16(28)10-13)23-18-7-5-6-8-19(18)24-21/h3-12,27-28H,1H2,2H3,(H,22,23)(H,24,25)/b14-11+,17-4+. The van der Waals surface area contributed by atoms with E-state index >= 15 is 0 Å². The van der Waals surface area contributed by atoms with Gasteiger partial charge in [0.05, 0.1) is 16.0 Å². The molecule has 0 bridgehead atoms. The second-order valence-corrected chi connectivity index (χ2v) is 7.08. The van der Waals surface area contributed by atoms with E-state index in [2.05, 4.69) is 26.6 Å². The van der Waals surface area contributed by atoms with Gasteiger partial charge in [0, 0.05) is 40.9 Å². The number of nitrogens with zero attached hydrogens (tertiary/aromatic N) is 3. The van der Waals surface area contributed by atoms with Crippen LogP contribution in [0.2, 0.25) is 0 Å². The number of nitrogens with one attached hydrogen (secondary N) is 2. The lowest BCUT2D eigenvalue weighted by Gasteiger charge is -2.13. The van der Waals surface area contributed by atoms with Crippen molar-refractivity contribution >= 4 is 40.3 Å². The number of hydrogen-bond acceptors (Lipinski definition) is 9. The van der Waals surface area contributed by atoms with Crippen LogP contribution in [-0.2, 0) is 0 Å². The lowest BCUT2D eigenvalue weighted by molar-refractivity contribution is -0.418. The Morgan fingerprint density at radius 3 is 2.29 bits per heavy atom. The molecule has 3 aromatic rings. The SMILES string of the molecule is C=C/C(=C\C(=C/C)SNc1nc2ccccc2nc1Nc1cc(O)cc(O)c1)[N+](=O)[O-]. The minimum Gasteiger partial charge on any atom is -0.508 e. The van der Waals surface area contributed by atoms with Crippen molar-refractivity contribution in [3.05, 3.63) is 88.0 Å². The van der Waals surface area contributed by atoms with Crippen molar-refractivity contribution in [2.45, 2.75) is 6.92 Å². The van der Waals surface area contributed by atoms with Crippen LogP contribution in [-0.4, -0.2) is 25.1 Å². The number of benzene rings is 2. The molecule has 0 fully saturated rings. The summed E-state index contributed by atoms with van der Waals surface area (Å²) in [5.41, 5.74) is 1.55. The Morgan fingerprint density at radius 1 is 1.13 bits per heavy atom. The molecule has 158 valence electrons. The van der Waals surface area contributed by atoms with Gasteiger partial charge in [-0.1, -0.05) is 24.8 Å². The Balaban J connectivity index is 1.95. The van der Waals surface area contributed by atoms with Crippen molar-refractivity contribution in [2.24, 2.45) is 0 Å². The third-order valence-electron chi connectivity index (χ3n) is 4.00. The smallest absolute Gasteiger partial charge is 0.270 e. The predicted molar refractivity (Wildman–Crippen MR) is 123 cm³/mol. The van der Waals surface area contributed by atoms with Gasteiger partial charge in [0.1, 0.15) is 11.5 Å². The molecule has 0 aliphatic carbocycles. The third kappa shape index (κ3) is 5.52. The summed E-state index contributed by atoms with van der Waals surface area (Å²) in [4.78, 5) is 20.2. The number of phenols is 2. The van der Waals surface area contributed by atoms with Crippen LogP contribution in [0.3, 0.4) is 0 Å². The van der Waals surface area contributed by atoms with E-state index in [4.69, 9.17) is 0 Å². The second kappa shape index (κ2) is 9.63. The molecule has 0 saturated carbocycles. The van der Waals surface area contributed by atoms with Crippen LogP contribution in [0.4, 0.5) is 17.3 Å². The first-order chi connectivity index (χ1) is 14.9. The molecule has 0 spiro atoms. The fourth-order valence-electron chi connectivity index (χ4n) is 2.57. The van der Waals surface area contributed by atoms with Crippen LogP contribution in [0.15, 0.2) is 77.9 Å². The Hall–Kier alpha value is -4.05. The van der Waals surface area contributed by atoms with Crippen molar-refractivity contribution in [3.8, 4) is 11.5 Å². The van der Waals surface area contributed by atoms with Crippen LogP contribution in [0.25, 0.3) is 11.0 Å². The van der Waals surface area contributed by atoms with Gasteiger partial charge < -0.3 is 20.3 Å². The fraction of sp³-hybridized carbons (Fsp3) is 0.0476. The van der Waals surface area contributed by atoms with E-state index in [9.17, 15) is 20.3 Å². The summed E-state index contributed by atoms with van der Waals surface area (Å²) in [6.45, 7) is 5.21. The predicted octanol–water partition coefficient (Wildman–Crippen LogP) is 5.10. The van der Waals surface area contributed by atoms with Crippen molar-refractivity contribution in [1.82, 2.24) is 9.97 Å². The van der Waals surface area contributed by atoms with Gasteiger partial charge in [0.25, 0.3) is 5.70 Å². The van der Waals surface area contributed by atoms with Crippen LogP contribution in [0, 0.1) is 10.1 Å². The quantitative estimate of drug-likeness (QED) is 0.164. The highest BCUT2D eigenvalue weighted by Gasteiger charge is 2.12. The number of aromatic hydroxyl groups is 2. The summed E-state index contributed by atoms with van der Waals surface area (Å²) >= 11 is 1.12. The number of rotatable bonds is 8. The topological polar surface area (TPSA) is 133 Å². The summed E-state index contributed by atoms with van der Waals surface area (Å²) in [6, 6.07) is 11.4. The summed E-state index contributed by atoms with van der Waals surface area (Å²) in [5, 5.41) is 33.6. The molecule has 0 radical (unpaired) electrons. The van der Waals surface area contributed by atoms with Gasteiger partial charge >= 0.3 is 0 Å². The van der Waals surface area contributed by atoms with Gasteiger partial charge in [0.15, 0.2) is 11.6 Å². The number of fused-ring (bicyclic) bond motifs is 1. The average Bonchev–Trinajstić information content (AvgIpc) is 2.73. The maximum atomic E-state index is 11.1. The molecule has 3 rings (SSSR count). The molecule has 4 N–H and O–H groups in total. The summed E-state index contributed by atoms with van der Waals surface area (Å²) < 4.78 is 3.06. The second-order valence-electron chi connectivity index (χ2n) is 6.20. The minimum absolute atomic E-state index is 0.113. The Kier molecular flexibility index (Phi) is 6.73. The summed E-state index contributed by atoms with van der Waals surface area (Å²) in [6.07, 6.45) is 4.26. The monoisotopic (exact) mass is 437 g/mol. The molecule has 0 aliphatic heterocycles. The number of anilines is 3. The average molecular weight is 437 g/mol. The molecule has 0 amide bonds. The van der Waals surface area contributed by atoms with E-state index in [0.717, 1.165) is 11.9 Å². The van der Waals surface area contributed by atoms with Crippen LogP contribution >= 0.6 is 11.9 Å². The molecule has 1 heterocycles. The Labute approximate surface area is 182 Å². The molecule has 2 aromatic carbocycles. The van der Waals surface area contributed by atoms with Gasteiger partial charge in [-0.25, -0.2) is 9.97 Å². The number of para-hydroxylation sites is 2. The lowest BCUT2D eigenvalue weighted by atomic mass is 10.2. The number of aromatic nitrogens is 2. The Bertz CT molecular complexity index is 1190. The zero-order chi connectivity index (χ0) is 22.4. The van der Waals surface area contributed by atoms with Crippen molar-refractivity contribution in [1.29, 1.82) is 0 Å². The zero-order valence-electron chi connectivity index (χ0n) is 16.4. The fourth-order valence-corrected chi connectivity index (χ4v) is 3.23. The van der Waals surface area contributed by atoms with E-state index in [1.54, 1.807) is 25.1 Å². The van der Waals surface area contributed by atoms with E-state index in [1.807, 2.05) is 12.1 Å². The minimum atomic E-state index is -0.520. The number of nitro groups is 1. The highest BCUT2D eigenvalue weighted by Crippen LogP contribution is 2.31. The molecular formula is C21H19N5O4S. The van der Waals surface area contributed by atoms with Gasteiger partial charge in [-0.05, 0) is 31.0 Å². The number of allylic oxidation sites excluding steroid dienone is 3. The molecule has 0 atom stereocenters. The number of phenolic OH excluding ortho intramolecular Hbond substituents is 2. The van der Waals surface area contributed by atoms with E-state index < -0.39 is 4.92 Å². The van der Waals surface area contributed by atoms with E-state index in [1.165, 1.54) is 30.4 Å². The highest BCUT2D eigenvalue weighted by atomic mass is 32.2. The largest absolute Gasteiger partial charge is 0.508 e. The van der Waals surface area contributed by atoms with Crippen LogP contribution < -0.4 is 10.0 Å². The first kappa shape index (κ1) is 21.7. The highest BCUT2D eigenvalue weighted by molar-refractivity contribution is 8.04. The molecule has 9 nitrogen and oxygen atoms in total. The van der Waals surface area contributed by atoms with Gasteiger partial charge in [-0.2, -0.15) is 0 Å². The van der Waals surface area contributed by atoms with Gasteiger partial charge in [-0.3, -0.25) is 10.1 Å². The van der Waals surface area contributed by atoms with Gasteiger partial charge in [0.2, 0.25) is 0 Å². The maximum absolute atomic E-state index is 11.1. The number of hydrogen-bond donors (Lipinski definition) is 4. The van der Waals surface area contributed by atoms with Crippen LogP contribution in [0.5, 0.6) is 11.5 Å². The van der Waals surface area contributed by atoms with Crippen LogP contribution in [0.1, 0.15) is 6.92 Å². The van der Waals surface area contributed by atoms with Gasteiger partial charge in [-0.15, -0.1) is 0 Å². The van der Waals surface area contributed by atoms with E-state index in [0.29, 0.717) is 33.3 Å². The molecule has 0 aliphatic rings. The molecule has 10 heteroatoms. The third-order valence-corrected chi connectivity index (χ3v) is 4.88. The van der Waals surface area contributed by atoms with Crippen molar-refractivity contribution in [3.63, 3.8) is 0 Å². The molecule has 0 saturated heterocycles. The normalized spacial score (nSPS) is 11.9. The molecule has 0 unspecified atom stereocenters. The lowest BCUT2D eigenvalue weighted by Crippen LogP contribution is -2.02. The van der Waals surface area contributed by atoms with Crippen molar-refractivity contribution in [2.75, 3.05) is 10.0 Å². The molecule has 31 heavy (non-hydrogen) atoms.